The van der Waals surface area contributed by atoms with Crippen LogP contribution < -0.4 is 5.32 Å². The summed E-state index contributed by atoms with van der Waals surface area (Å²) in [5, 5.41) is 3.81. The topological polar surface area (TPSA) is 49.4 Å². The summed E-state index contributed by atoms with van der Waals surface area (Å²) >= 11 is 11.9. The van der Waals surface area contributed by atoms with Crippen LogP contribution in [0, 0.1) is 17.8 Å². The molecule has 1 saturated carbocycles. The number of nitrogens with zero attached hydrogens (tertiary/aromatic N) is 1. The summed E-state index contributed by atoms with van der Waals surface area (Å²) < 4.78 is 0. The Morgan fingerprint density at radius 3 is 2.38 bits per heavy atom. The number of amides is 2. The quantitative estimate of drug-likeness (QED) is 0.781. The Hall–Kier alpha value is -1.26. The molecule has 142 valence electrons. The molecule has 0 spiro atoms. The van der Waals surface area contributed by atoms with Crippen LogP contribution in [0.2, 0.25) is 10.0 Å². The molecule has 3 rings (SSSR count). The number of halogens is 2. The molecular formula is C20H26Cl2N2O2. The summed E-state index contributed by atoms with van der Waals surface area (Å²) in [5.41, 5.74) is 0.657. The molecule has 1 aromatic carbocycles. The van der Waals surface area contributed by atoms with Crippen LogP contribution in [0.5, 0.6) is 0 Å². The van der Waals surface area contributed by atoms with Gasteiger partial charge in [0.2, 0.25) is 11.8 Å². The van der Waals surface area contributed by atoms with Crippen molar-refractivity contribution >= 4 is 40.7 Å². The Bertz CT molecular complexity index is 672. The number of hydrogen-bond donors (Lipinski definition) is 1. The number of piperidine rings is 1. The normalized spacial score (nSPS) is 26.4. The molecule has 2 aliphatic rings. The molecule has 26 heavy (non-hydrogen) atoms. The van der Waals surface area contributed by atoms with E-state index < -0.39 is 0 Å². The highest BCUT2D eigenvalue weighted by molar-refractivity contribution is 6.42. The Labute approximate surface area is 165 Å². The minimum Gasteiger partial charge on any atom is -0.342 e. The van der Waals surface area contributed by atoms with Gasteiger partial charge in [-0.2, -0.15) is 0 Å². The summed E-state index contributed by atoms with van der Waals surface area (Å²) in [7, 11) is 0. The van der Waals surface area contributed by atoms with Gasteiger partial charge in [0.1, 0.15) is 0 Å². The Morgan fingerprint density at radius 1 is 1.04 bits per heavy atom. The Balaban J connectivity index is 1.50. The Morgan fingerprint density at radius 2 is 1.73 bits per heavy atom. The van der Waals surface area contributed by atoms with Crippen molar-refractivity contribution in [3.63, 3.8) is 0 Å². The van der Waals surface area contributed by atoms with Gasteiger partial charge in [0.15, 0.2) is 0 Å². The van der Waals surface area contributed by atoms with Crippen LogP contribution in [0.3, 0.4) is 0 Å². The van der Waals surface area contributed by atoms with E-state index in [1.54, 1.807) is 18.2 Å². The third kappa shape index (κ3) is 4.72. The van der Waals surface area contributed by atoms with Crippen LogP contribution in [0.1, 0.15) is 45.4 Å². The van der Waals surface area contributed by atoms with Crippen molar-refractivity contribution in [3.05, 3.63) is 28.2 Å². The van der Waals surface area contributed by atoms with Crippen LogP contribution >= 0.6 is 23.2 Å². The van der Waals surface area contributed by atoms with E-state index in [2.05, 4.69) is 12.2 Å². The average molecular weight is 397 g/mol. The third-order valence-corrected chi connectivity index (χ3v) is 6.34. The molecular weight excluding hydrogens is 371 g/mol. The van der Waals surface area contributed by atoms with E-state index in [1.165, 1.54) is 6.42 Å². The fourth-order valence-electron chi connectivity index (χ4n) is 4.07. The van der Waals surface area contributed by atoms with Crippen molar-refractivity contribution in [2.24, 2.45) is 17.8 Å². The van der Waals surface area contributed by atoms with Gasteiger partial charge in [0.25, 0.3) is 0 Å². The van der Waals surface area contributed by atoms with E-state index in [9.17, 15) is 9.59 Å². The number of carbonyl (C=O) groups excluding carboxylic acids is 2. The molecule has 2 fully saturated rings. The van der Waals surface area contributed by atoms with Gasteiger partial charge in [-0.15, -0.1) is 0 Å². The van der Waals surface area contributed by atoms with Crippen molar-refractivity contribution in [2.45, 2.75) is 45.4 Å². The standard InChI is InChI=1S/C20H26Cl2N2O2/c1-13-3-2-10-24(12-13)20(26)15-6-4-14(5-7-15)19(25)23-16-8-9-17(21)18(22)11-16/h8-9,11,13-15H,2-7,10,12H2,1H3,(H,23,25). The van der Waals surface area contributed by atoms with E-state index in [0.29, 0.717) is 27.6 Å². The number of rotatable bonds is 3. The minimum absolute atomic E-state index is 0.000817. The smallest absolute Gasteiger partial charge is 0.227 e. The van der Waals surface area contributed by atoms with Gasteiger partial charge in [-0.25, -0.2) is 0 Å². The molecule has 1 heterocycles. The molecule has 6 heteroatoms. The molecule has 0 radical (unpaired) electrons. The molecule has 1 aliphatic heterocycles. The first-order chi connectivity index (χ1) is 12.4. The van der Waals surface area contributed by atoms with Crippen molar-refractivity contribution in [2.75, 3.05) is 18.4 Å². The lowest BCUT2D eigenvalue weighted by Crippen LogP contribution is -2.43. The number of carbonyl (C=O) groups is 2. The maximum Gasteiger partial charge on any atom is 0.227 e. The average Bonchev–Trinajstić information content (AvgIpc) is 2.64. The zero-order valence-corrected chi connectivity index (χ0v) is 16.7. The molecule has 1 unspecified atom stereocenters. The molecule has 2 amide bonds. The highest BCUT2D eigenvalue weighted by Crippen LogP contribution is 2.32. The lowest BCUT2D eigenvalue weighted by Gasteiger charge is -2.35. The number of benzene rings is 1. The van der Waals surface area contributed by atoms with Gasteiger partial charge in [-0.1, -0.05) is 30.1 Å². The maximum atomic E-state index is 12.7. The molecule has 1 aromatic rings. The Kier molecular flexibility index (Phi) is 6.46. The second-order valence-corrected chi connectivity index (χ2v) is 8.51. The predicted molar refractivity (Wildman–Crippen MR) is 106 cm³/mol. The summed E-state index contributed by atoms with van der Waals surface area (Å²) in [5.74, 6) is 0.921. The molecule has 4 nitrogen and oxygen atoms in total. The van der Waals surface area contributed by atoms with Crippen molar-refractivity contribution in [1.82, 2.24) is 4.90 Å². The zero-order valence-electron chi connectivity index (χ0n) is 15.1. The van der Waals surface area contributed by atoms with E-state index in [0.717, 1.165) is 45.2 Å². The predicted octanol–water partition coefficient (Wildman–Crippen LogP) is 5.00. The zero-order chi connectivity index (χ0) is 18.7. The molecule has 1 saturated heterocycles. The molecule has 1 aliphatic carbocycles. The molecule has 0 bridgehead atoms. The number of likely N-dealkylation sites (tertiary alicyclic amines) is 1. The van der Waals surface area contributed by atoms with Gasteiger partial charge in [0, 0.05) is 30.6 Å². The second-order valence-electron chi connectivity index (χ2n) is 7.70. The van der Waals surface area contributed by atoms with E-state index in [-0.39, 0.29) is 17.7 Å². The lowest BCUT2D eigenvalue weighted by atomic mass is 9.80. The molecule has 0 aromatic heterocycles. The summed E-state index contributed by atoms with van der Waals surface area (Å²) in [6, 6.07) is 5.09. The van der Waals surface area contributed by atoms with E-state index >= 15 is 0 Å². The van der Waals surface area contributed by atoms with Crippen LogP contribution in [-0.4, -0.2) is 29.8 Å². The largest absolute Gasteiger partial charge is 0.342 e. The maximum absolute atomic E-state index is 12.7. The monoisotopic (exact) mass is 396 g/mol. The highest BCUT2D eigenvalue weighted by Gasteiger charge is 2.33. The third-order valence-electron chi connectivity index (χ3n) is 5.60. The lowest BCUT2D eigenvalue weighted by molar-refractivity contribution is -0.139. The van der Waals surface area contributed by atoms with Crippen LogP contribution in [0.15, 0.2) is 18.2 Å². The second kappa shape index (κ2) is 8.62. The van der Waals surface area contributed by atoms with E-state index in [1.807, 2.05) is 4.90 Å². The van der Waals surface area contributed by atoms with Crippen LogP contribution in [0.25, 0.3) is 0 Å². The van der Waals surface area contributed by atoms with Crippen molar-refractivity contribution in [1.29, 1.82) is 0 Å². The fourth-order valence-corrected chi connectivity index (χ4v) is 4.37. The minimum atomic E-state index is -0.0474. The molecule has 1 atom stereocenters. The molecule has 1 N–H and O–H groups in total. The first kappa shape index (κ1) is 19.5. The fraction of sp³-hybridized carbons (Fsp3) is 0.600. The van der Waals surface area contributed by atoms with Crippen LogP contribution in [0.4, 0.5) is 5.69 Å². The highest BCUT2D eigenvalue weighted by atomic mass is 35.5. The van der Waals surface area contributed by atoms with E-state index in [4.69, 9.17) is 23.2 Å². The van der Waals surface area contributed by atoms with Gasteiger partial charge >= 0.3 is 0 Å². The first-order valence-electron chi connectivity index (χ1n) is 9.48. The van der Waals surface area contributed by atoms with Crippen LogP contribution in [-0.2, 0) is 9.59 Å². The summed E-state index contributed by atoms with van der Waals surface area (Å²) in [6.45, 7) is 3.99. The van der Waals surface area contributed by atoms with Gasteiger partial charge < -0.3 is 10.2 Å². The van der Waals surface area contributed by atoms with Crippen molar-refractivity contribution < 1.29 is 9.59 Å². The number of hydrogen-bond acceptors (Lipinski definition) is 2. The van der Waals surface area contributed by atoms with Gasteiger partial charge in [-0.3, -0.25) is 9.59 Å². The first-order valence-corrected chi connectivity index (χ1v) is 10.2. The van der Waals surface area contributed by atoms with Gasteiger partial charge in [0.05, 0.1) is 10.0 Å². The summed E-state index contributed by atoms with van der Waals surface area (Å²) in [6.07, 6.45) is 5.42. The van der Waals surface area contributed by atoms with Gasteiger partial charge in [-0.05, 0) is 62.6 Å². The van der Waals surface area contributed by atoms with Crippen molar-refractivity contribution in [3.8, 4) is 0 Å². The SMILES string of the molecule is CC1CCCN(C(=O)C2CCC(C(=O)Nc3ccc(Cl)c(Cl)c3)CC2)C1. The number of nitrogens with one attached hydrogen (secondary N) is 1. The summed E-state index contributed by atoms with van der Waals surface area (Å²) in [4.78, 5) is 27.3. The number of anilines is 1.